The molecule has 0 radical (unpaired) electrons. The lowest BCUT2D eigenvalue weighted by Crippen LogP contribution is -2.44. The van der Waals surface area contributed by atoms with Gasteiger partial charge < -0.3 is 14.8 Å². The number of benzene rings is 3. The smallest absolute Gasteiger partial charge is 0.338 e. The molecule has 0 aliphatic carbocycles. The number of nitrogens with one attached hydrogen (secondary N) is 1. The van der Waals surface area contributed by atoms with Crippen LogP contribution in [-0.4, -0.2) is 46.8 Å². The van der Waals surface area contributed by atoms with Crippen molar-refractivity contribution in [2.75, 3.05) is 19.0 Å². The largest absolute Gasteiger partial charge is 0.497 e. The molecule has 38 heavy (non-hydrogen) atoms. The summed E-state index contributed by atoms with van der Waals surface area (Å²) in [6.07, 6.45) is 0.00658. The molecule has 1 saturated heterocycles. The van der Waals surface area contributed by atoms with Crippen molar-refractivity contribution < 1.29 is 23.9 Å². The van der Waals surface area contributed by atoms with Gasteiger partial charge >= 0.3 is 5.97 Å². The number of amides is 2. The summed E-state index contributed by atoms with van der Waals surface area (Å²) in [4.78, 5) is 44.6. The lowest BCUT2D eigenvalue weighted by atomic mass is 10.2. The molecule has 1 unspecified atom stereocenters. The zero-order chi connectivity index (χ0) is 27.1. The molecule has 0 saturated carbocycles. The van der Waals surface area contributed by atoms with Crippen LogP contribution >= 0.6 is 23.4 Å². The normalized spacial score (nSPS) is 16.3. The van der Waals surface area contributed by atoms with Gasteiger partial charge in [-0.05, 0) is 73.2 Å². The fraction of sp³-hybridized carbons (Fsp3) is 0.214. The summed E-state index contributed by atoms with van der Waals surface area (Å²) < 4.78 is 10.2. The molecule has 1 heterocycles. The summed E-state index contributed by atoms with van der Waals surface area (Å²) in [7, 11) is 1.58. The first kappa shape index (κ1) is 27.2. The van der Waals surface area contributed by atoms with E-state index in [0.29, 0.717) is 39.4 Å². The molecule has 3 aromatic rings. The monoisotopic (exact) mass is 551 g/mol. The van der Waals surface area contributed by atoms with E-state index in [4.69, 9.17) is 26.1 Å². The van der Waals surface area contributed by atoms with Crippen molar-refractivity contribution >= 4 is 57.7 Å². The number of amidine groups is 1. The van der Waals surface area contributed by atoms with E-state index >= 15 is 0 Å². The lowest BCUT2D eigenvalue weighted by Gasteiger charge is -2.32. The highest BCUT2D eigenvalue weighted by atomic mass is 35.5. The predicted octanol–water partition coefficient (Wildman–Crippen LogP) is 5.69. The van der Waals surface area contributed by atoms with Crippen molar-refractivity contribution in [3.63, 3.8) is 0 Å². The zero-order valence-electron chi connectivity index (χ0n) is 20.8. The maximum absolute atomic E-state index is 13.3. The molecule has 1 aliphatic rings. The number of carbonyl (C=O) groups excluding carboxylic acids is 3. The second-order valence-corrected chi connectivity index (χ2v) is 9.90. The summed E-state index contributed by atoms with van der Waals surface area (Å²) in [5.41, 5.74) is 2.40. The number of carbonyl (C=O) groups is 3. The minimum Gasteiger partial charge on any atom is -0.497 e. The number of nitrogens with zero attached hydrogens (tertiary/aromatic N) is 2. The fourth-order valence-corrected chi connectivity index (χ4v) is 4.89. The third kappa shape index (κ3) is 6.93. The number of hydrogen-bond acceptors (Lipinski definition) is 7. The average Bonchev–Trinajstić information content (AvgIpc) is 2.92. The van der Waals surface area contributed by atoms with Gasteiger partial charge in [0.2, 0.25) is 11.8 Å². The van der Waals surface area contributed by atoms with Crippen LogP contribution in [0.5, 0.6) is 5.75 Å². The van der Waals surface area contributed by atoms with Gasteiger partial charge in [-0.1, -0.05) is 35.5 Å². The van der Waals surface area contributed by atoms with Crippen LogP contribution in [0.25, 0.3) is 0 Å². The van der Waals surface area contributed by atoms with Gasteiger partial charge in [0, 0.05) is 17.1 Å². The van der Waals surface area contributed by atoms with Crippen LogP contribution < -0.4 is 10.1 Å². The molecule has 1 atom stereocenters. The van der Waals surface area contributed by atoms with Crippen LogP contribution in [0.3, 0.4) is 0 Å². The number of thioether (sulfide) groups is 1. The number of rotatable bonds is 8. The first-order valence-corrected chi connectivity index (χ1v) is 13.1. The van der Waals surface area contributed by atoms with Crippen molar-refractivity contribution in [2.24, 2.45) is 4.99 Å². The van der Waals surface area contributed by atoms with E-state index in [0.717, 1.165) is 5.56 Å². The predicted molar refractivity (Wildman–Crippen MR) is 149 cm³/mol. The first-order chi connectivity index (χ1) is 18.4. The summed E-state index contributed by atoms with van der Waals surface area (Å²) in [6.45, 7) is 2.31. The summed E-state index contributed by atoms with van der Waals surface area (Å²) >= 11 is 7.24. The quantitative estimate of drug-likeness (QED) is 0.361. The number of aliphatic imine (C=N–C) groups is 1. The lowest BCUT2D eigenvalue weighted by molar-refractivity contribution is -0.129. The number of esters is 1. The van der Waals surface area contributed by atoms with E-state index in [2.05, 4.69) is 5.32 Å². The zero-order valence-corrected chi connectivity index (χ0v) is 22.4. The van der Waals surface area contributed by atoms with Crippen LogP contribution in [0.1, 0.15) is 29.3 Å². The molecule has 0 aromatic heterocycles. The van der Waals surface area contributed by atoms with Gasteiger partial charge in [0.25, 0.3) is 0 Å². The van der Waals surface area contributed by atoms with Gasteiger partial charge in [-0.3, -0.25) is 14.5 Å². The molecule has 1 N–H and O–H groups in total. The van der Waals surface area contributed by atoms with E-state index in [9.17, 15) is 14.4 Å². The Morgan fingerprint density at radius 1 is 1.05 bits per heavy atom. The number of anilines is 1. The number of ether oxygens (including phenoxy) is 2. The Morgan fingerprint density at radius 2 is 1.74 bits per heavy atom. The van der Waals surface area contributed by atoms with E-state index in [1.165, 1.54) is 11.8 Å². The molecule has 0 bridgehead atoms. The SMILES string of the molecule is CCOC(=O)c1ccc(NC(=O)C2CC(=O)N(Cc3ccc(Cl)cc3)C(=Nc3ccc(OC)cc3)S2)cc1. The van der Waals surface area contributed by atoms with Gasteiger partial charge in [-0.15, -0.1) is 0 Å². The van der Waals surface area contributed by atoms with Crippen LogP contribution in [0, 0.1) is 0 Å². The number of hydrogen-bond donors (Lipinski definition) is 1. The Kier molecular flexibility index (Phi) is 9.04. The molecular weight excluding hydrogens is 526 g/mol. The Bertz CT molecular complexity index is 1330. The van der Waals surface area contributed by atoms with Crippen LogP contribution in [-0.2, 0) is 20.9 Å². The maximum atomic E-state index is 13.3. The second-order valence-electron chi connectivity index (χ2n) is 8.30. The van der Waals surface area contributed by atoms with Crippen molar-refractivity contribution in [3.8, 4) is 5.75 Å². The Hall–Kier alpha value is -3.82. The van der Waals surface area contributed by atoms with Crippen molar-refractivity contribution in [3.05, 3.63) is 88.9 Å². The Labute approximate surface area is 230 Å². The topological polar surface area (TPSA) is 97.3 Å². The minimum absolute atomic E-state index is 0.00658. The van der Waals surface area contributed by atoms with Crippen molar-refractivity contribution in [2.45, 2.75) is 25.1 Å². The molecule has 0 spiro atoms. The molecule has 4 rings (SSSR count). The molecule has 3 aromatic carbocycles. The first-order valence-electron chi connectivity index (χ1n) is 11.9. The van der Waals surface area contributed by atoms with E-state index in [1.54, 1.807) is 79.6 Å². The van der Waals surface area contributed by atoms with E-state index in [-0.39, 0.29) is 24.8 Å². The van der Waals surface area contributed by atoms with E-state index < -0.39 is 11.2 Å². The summed E-state index contributed by atoms with van der Waals surface area (Å²) in [6, 6.07) is 20.8. The Morgan fingerprint density at radius 3 is 2.37 bits per heavy atom. The molecule has 196 valence electrons. The number of methoxy groups -OCH3 is 1. The standard InChI is InChI=1S/C28H26ClN3O5S/c1-3-37-27(35)19-6-10-21(11-7-19)30-26(34)24-16-25(33)32(17-18-4-8-20(29)9-5-18)28(38-24)31-22-12-14-23(36-2)15-13-22/h4-15,24H,3,16-17H2,1-2H3,(H,30,34). The summed E-state index contributed by atoms with van der Waals surface area (Å²) in [5, 5.41) is 3.16. The third-order valence-corrected chi connectivity index (χ3v) is 7.09. The maximum Gasteiger partial charge on any atom is 0.338 e. The fourth-order valence-electron chi connectivity index (χ4n) is 3.66. The van der Waals surface area contributed by atoms with Gasteiger partial charge in [0.1, 0.15) is 11.0 Å². The van der Waals surface area contributed by atoms with Gasteiger partial charge in [0.15, 0.2) is 5.17 Å². The molecule has 1 fully saturated rings. The molecule has 8 nitrogen and oxygen atoms in total. The van der Waals surface area contributed by atoms with Crippen molar-refractivity contribution in [1.29, 1.82) is 0 Å². The average molecular weight is 552 g/mol. The minimum atomic E-state index is -0.689. The van der Waals surface area contributed by atoms with Gasteiger partial charge in [-0.25, -0.2) is 9.79 Å². The highest BCUT2D eigenvalue weighted by Gasteiger charge is 2.36. The third-order valence-electron chi connectivity index (χ3n) is 5.65. The highest BCUT2D eigenvalue weighted by molar-refractivity contribution is 8.15. The molecule has 1 aliphatic heterocycles. The van der Waals surface area contributed by atoms with Crippen molar-refractivity contribution in [1.82, 2.24) is 4.90 Å². The molecule has 10 heteroatoms. The Balaban J connectivity index is 1.54. The molecule has 2 amide bonds. The van der Waals surface area contributed by atoms with Crippen LogP contribution in [0.4, 0.5) is 11.4 Å². The van der Waals surface area contributed by atoms with Crippen LogP contribution in [0.2, 0.25) is 5.02 Å². The highest BCUT2D eigenvalue weighted by Crippen LogP contribution is 2.31. The number of halogens is 1. The molecular formula is C28H26ClN3O5S. The van der Waals surface area contributed by atoms with Crippen LogP contribution in [0.15, 0.2) is 77.8 Å². The summed E-state index contributed by atoms with van der Waals surface area (Å²) in [5.74, 6) is -0.297. The van der Waals surface area contributed by atoms with Gasteiger partial charge in [-0.2, -0.15) is 0 Å². The van der Waals surface area contributed by atoms with Gasteiger partial charge in [0.05, 0.1) is 31.5 Å². The van der Waals surface area contributed by atoms with E-state index in [1.807, 2.05) is 12.1 Å². The second kappa shape index (κ2) is 12.6.